The van der Waals surface area contributed by atoms with Gasteiger partial charge in [-0.15, -0.1) is 0 Å². The van der Waals surface area contributed by atoms with Crippen molar-refractivity contribution in [2.75, 3.05) is 30.4 Å². The van der Waals surface area contributed by atoms with Crippen LogP contribution in [0.5, 0.6) is 23.0 Å². The number of rotatable bonds is 14. The lowest BCUT2D eigenvalue weighted by molar-refractivity contribution is 0.0967. The topological polar surface area (TPSA) is 141 Å². The molecule has 0 bridgehead atoms. The second kappa shape index (κ2) is 13.8. The lowest BCUT2D eigenvalue weighted by atomic mass is 9.81. The summed E-state index contributed by atoms with van der Waals surface area (Å²) in [7, 11) is 0. The zero-order valence-electron chi connectivity index (χ0n) is 24.3. The molecule has 42 heavy (non-hydrogen) atoms. The highest BCUT2D eigenvalue weighted by atomic mass is 16.5. The van der Waals surface area contributed by atoms with E-state index >= 15 is 0 Å². The number of ketones is 2. The van der Waals surface area contributed by atoms with Crippen LogP contribution in [-0.4, -0.2) is 41.5 Å². The van der Waals surface area contributed by atoms with Crippen LogP contribution in [0, 0.1) is 11.3 Å². The SMILES string of the molecule is CCCCNc1c(Nc2cccc(C#N)c2)c(OCCCC)c2c(c1OCCCC)C(=O)c1c(O)ccc(O)c1C2=O. The van der Waals surface area contributed by atoms with Gasteiger partial charge >= 0.3 is 0 Å². The first-order chi connectivity index (χ1) is 20.4. The number of benzene rings is 3. The van der Waals surface area contributed by atoms with Gasteiger partial charge in [-0.3, -0.25) is 9.59 Å². The van der Waals surface area contributed by atoms with Crippen LogP contribution in [0.4, 0.5) is 17.1 Å². The number of ether oxygens (including phenoxy) is 2. The Morgan fingerprint density at radius 2 is 1.31 bits per heavy atom. The Labute approximate surface area is 246 Å². The Morgan fingerprint density at radius 1 is 0.762 bits per heavy atom. The molecule has 4 rings (SSSR count). The van der Waals surface area contributed by atoms with Crippen molar-refractivity contribution in [3.8, 4) is 29.1 Å². The van der Waals surface area contributed by atoms with Gasteiger partial charge in [0.25, 0.3) is 0 Å². The number of phenolic OH excluding ortho intramolecular Hbond substituents is 2. The van der Waals surface area contributed by atoms with Crippen LogP contribution in [0.3, 0.4) is 0 Å². The molecule has 0 heterocycles. The molecule has 0 aromatic heterocycles. The molecule has 0 saturated heterocycles. The number of nitrogens with one attached hydrogen (secondary N) is 2. The number of nitrogens with zero attached hydrogens (tertiary/aromatic N) is 1. The number of phenols is 2. The van der Waals surface area contributed by atoms with Gasteiger partial charge in [0.2, 0.25) is 11.6 Å². The second-order valence-electron chi connectivity index (χ2n) is 10.2. The van der Waals surface area contributed by atoms with Crippen molar-refractivity contribution in [3.05, 3.63) is 64.2 Å². The highest BCUT2D eigenvalue weighted by molar-refractivity contribution is 6.33. The highest BCUT2D eigenvalue weighted by Gasteiger charge is 2.42. The molecule has 3 aromatic rings. The van der Waals surface area contributed by atoms with Crippen molar-refractivity contribution in [2.45, 2.75) is 59.3 Å². The normalized spacial score (nSPS) is 11.9. The number of unbranched alkanes of at least 4 members (excludes halogenated alkanes) is 3. The zero-order chi connectivity index (χ0) is 30.2. The summed E-state index contributed by atoms with van der Waals surface area (Å²) in [6.45, 7) is 7.19. The minimum atomic E-state index is -0.659. The Kier molecular flexibility index (Phi) is 9.92. The fraction of sp³-hybridized carbons (Fsp3) is 0.364. The van der Waals surface area contributed by atoms with E-state index in [1.54, 1.807) is 24.3 Å². The quantitative estimate of drug-likeness (QED) is 0.0924. The number of fused-ring (bicyclic) bond motifs is 2. The highest BCUT2D eigenvalue weighted by Crippen LogP contribution is 2.52. The molecule has 0 radical (unpaired) electrons. The molecule has 220 valence electrons. The standard InChI is InChI=1S/C33H37N3O6/c1-4-7-15-35-28-29(36-21-12-10-11-20(18-21)19-34)33(42-17-9-6-3)27-26(32(28)41-16-8-5-2)30(39)24-22(37)13-14-23(38)25(24)31(27)40/h10-14,18,35-38H,4-9,15-17H2,1-3H3. The van der Waals surface area contributed by atoms with Gasteiger partial charge in [0.15, 0.2) is 11.5 Å². The van der Waals surface area contributed by atoms with Crippen LogP contribution in [0.15, 0.2) is 36.4 Å². The zero-order valence-corrected chi connectivity index (χ0v) is 24.3. The molecule has 9 nitrogen and oxygen atoms in total. The first-order valence-electron chi connectivity index (χ1n) is 14.5. The molecular formula is C33H37N3O6. The van der Waals surface area contributed by atoms with Crippen molar-refractivity contribution in [3.63, 3.8) is 0 Å². The number of carbonyl (C=O) groups excluding carboxylic acids is 2. The number of hydrogen-bond donors (Lipinski definition) is 4. The average Bonchev–Trinajstić information content (AvgIpc) is 2.99. The summed E-state index contributed by atoms with van der Waals surface area (Å²) >= 11 is 0. The molecule has 0 aliphatic heterocycles. The number of hydrogen-bond acceptors (Lipinski definition) is 9. The largest absolute Gasteiger partial charge is 0.507 e. The molecule has 9 heteroatoms. The summed E-state index contributed by atoms with van der Waals surface area (Å²) in [5.41, 5.74) is 1.21. The predicted molar refractivity (Wildman–Crippen MR) is 162 cm³/mol. The van der Waals surface area contributed by atoms with E-state index in [2.05, 4.69) is 23.6 Å². The van der Waals surface area contributed by atoms with Gasteiger partial charge in [-0.2, -0.15) is 5.26 Å². The smallest absolute Gasteiger partial charge is 0.202 e. The number of carbonyl (C=O) groups is 2. The molecule has 4 N–H and O–H groups in total. The minimum Gasteiger partial charge on any atom is -0.507 e. The van der Waals surface area contributed by atoms with Crippen LogP contribution in [0.1, 0.15) is 96.7 Å². The van der Waals surface area contributed by atoms with Crippen LogP contribution in [-0.2, 0) is 0 Å². The Balaban J connectivity index is 2.07. The van der Waals surface area contributed by atoms with Crippen LogP contribution < -0.4 is 20.1 Å². The lowest BCUT2D eigenvalue weighted by Crippen LogP contribution is -2.25. The minimum absolute atomic E-state index is 0.0219. The van der Waals surface area contributed by atoms with Crippen LogP contribution in [0.25, 0.3) is 0 Å². The van der Waals surface area contributed by atoms with Crippen LogP contribution in [0.2, 0.25) is 0 Å². The molecule has 0 fully saturated rings. The maximum atomic E-state index is 14.2. The maximum Gasteiger partial charge on any atom is 0.202 e. The summed E-state index contributed by atoms with van der Waals surface area (Å²) in [6, 6.07) is 11.4. The third-order valence-electron chi connectivity index (χ3n) is 7.06. The average molecular weight is 572 g/mol. The van der Waals surface area contributed by atoms with Crippen molar-refractivity contribution < 1.29 is 29.3 Å². The summed E-state index contributed by atoms with van der Waals surface area (Å²) in [5, 5.41) is 37.6. The molecular weight excluding hydrogens is 534 g/mol. The van der Waals surface area contributed by atoms with E-state index in [1.165, 1.54) is 12.1 Å². The van der Waals surface area contributed by atoms with Gasteiger partial charge < -0.3 is 30.3 Å². The first-order valence-corrected chi connectivity index (χ1v) is 14.5. The molecule has 3 aromatic carbocycles. The summed E-state index contributed by atoms with van der Waals surface area (Å²) in [6.07, 6.45) is 4.81. The second-order valence-corrected chi connectivity index (χ2v) is 10.2. The number of aromatic hydroxyl groups is 2. The fourth-order valence-corrected chi connectivity index (χ4v) is 4.84. The lowest BCUT2D eigenvalue weighted by Gasteiger charge is -2.29. The van der Waals surface area contributed by atoms with Gasteiger partial charge in [-0.1, -0.05) is 46.1 Å². The van der Waals surface area contributed by atoms with E-state index in [1.807, 2.05) is 13.8 Å². The van der Waals surface area contributed by atoms with Gasteiger partial charge in [0.1, 0.15) is 22.9 Å². The maximum absolute atomic E-state index is 14.2. The van der Waals surface area contributed by atoms with Crippen molar-refractivity contribution in [1.82, 2.24) is 0 Å². The molecule has 0 atom stereocenters. The third kappa shape index (κ3) is 5.98. The Hall–Kier alpha value is -4.71. The van der Waals surface area contributed by atoms with Gasteiger partial charge in [-0.25, -0.2) is 0 Å². The van der Waals surface area contributed by atoms with Crippen molar-refractivity contribution in [1.29, 1.82) is 5.26 Å². The Bertz CT molecular complexity index is 1530. The summed E-state index contributed by atoms with van der Waals surface area (Å²) in [4.78, 5) is 28.3. The fourth-order valence-electron chi connectivity index (χ4n) is 4.84. The predicted octanol–water partition coefficient (Wildman–Crippen LogP) is 7.06. The van der Waals surface area contributed by atoms with E-state index in [-0.39, 0.29) is 47.0 Å². The van der Waals surface area contributed by atoms with E-state index in [9.17, 15) is 25.1 Å². The van der Waals surface area contributed by atoms with E-state index in [4.69, 9.17) is 9.47 Å². The Morgan fingerprint density at radius 3 is 1.83 bits per heavy atom. The molecule has 0 saturated carbocycles. The van der Waals surface area contributed by atoms with Crippen molar-refractivity contribution >= 4 is 28.6 Å². The third-order valence-corrected chi connectivity index (χ3v) is 7.06. The summed E-state index contributed by atoms with van der Waals surface area (Å²) < 4.78 is 12.6. The molecule has 1 aliphatic carbocycles. The monoisotopic (exact) mass is 571 g/mol. The van der Waals surface area contributed by atoms with E-state index < -0.39 is 23.1 Å². The van der Waals surface area contributed by atoms with Gasteiger partial charge in [0.05, 0.1) is 47.1 Å². The summed E-state index contributed by atoms with van der Waals surface area (Å²) in [5.74, 6) is -1.82. The van der Waals surface area contributed by atoms with Gasteiger partial charge in [0, 0.05) is 12.2 Å². The number of anilines is 3. The van der Waals surface area contributed by atoms with E-state index in [0.717, 1.165) is 25.7 Å². The molecule has 0 amide bonds. The first kappa shape index (κ1) is 30.3. The van der Waals surface area contributed by atoms with Crippen LogP contribution >= 0.6 is 0 Å². The number of nitriles is 1. The molecule has 1 aliphatic rings. The van der Waals surface area contributed by atoms with Gasteiger partial charge in [-0.05, 0) is 49.6 Å². The van der Waals surface area contributed by atoms with E-state index in [0.29, 0.717) is 42.0 Å². The molecule has 0 unspecified atom stereocenters. The molecule has 0 spiro atoms. The van der Waals surface area contributed by atoms with Crippen molar-refractivity contribution in [2.24, 2.45) is 0 Å².